The standard InChI is InChI=1S/C19H23FN4O2/c1-23-8-10-24(11-9-23)18-14(4-3-7-21-18)13-22-19(25)16-6-5-15(26-2)12-17(16)20/h3-7,12H,8-11,13H2,1-2H3,(H,22,25). The van der Waals surface area contributed by atoms with Gasteiger partial charge in [-0.1, -0.05) is 6.07 Å². The van der Waals surface area contributed by atoms with Crippen LogP contribution in [0.2, 0.25) is 0 Å². The highest BCUT2D eigenvalue weighted by molar-refractivity contribution is 5.94. The minimum Gasteiger partial charge on any atom is -0.497 e. The van der Waals surface area contributed by atoms with E-state index in [1.165, 1.54) is 19.2 Å². The summed E-state index contributed by atoms with van der Waals surface area (Å²) in [5.41, 5.74) is 0.912. The Labute approximate surface area is 152 Å². The maximum absolute atomic E-state index is 14.1. The number of carbonyl (C=O) groups excluding carboxylic acids is 1. The molecule has 1 aliphatic heterocycles. The van der Waals surface area contributed by atoms with E-state index in [4.69, 9.17) is 4.74 Å². The van der Waals surface area contributed by atoms with Crippen LogP contribution >= 0.6 is 0 Å². The molecule has 1 fully saturated rings. The molecule has 0 spiro atoms. The molecule has 1 saturated heterocycles. The number of aromatic nitrogens is 1. The van der Waals surface area contributed by atoms with Gasteiger partial charge >= 0.3 is 0 Å². The number of likely N-dealkylation sites (N-methyl/N-ethyl adjacent to an activating group) is 1. The summed E-state index contributed by atoms with van der Waals surface area (Å²) in [6.07, 6.45) is 1.75. The van der Waals surface area contributed by atoms with E-state index in [-0.39, 0.29) is 5.56 Å². The Hall–Kier alpha value is -2.67. The van der Waals surface area contributed by atoms with Gasteiger partial charge in [0.05, 0.1) is 12.7 Å². The summed E-state index contributed by atoms with van der Waals surface area (Å²) in [5, 5.41) is 2.78. The Kier molecular flexibility index (Phi) is 5.68. The lowest BCUT2D eigenvalue weighted by Crippen LogP contribution is -2.45. The van der Waals surface area contributed by atoms with Crippen LogP contribution in [0, 0.1) is 5.82 Å². The van der Waals surface area contributed by atoms with Crippen LogP contribution in [-0.2, 0) is 6.54 Å². The third-order valence-electron chi connectivity index (χ3n) is 4.53. The monoisotopic (exact) mass is 358 g/mol. The summed E-state index contributed by atoms with van der Waals surface area (Å²) in [5.74, 6) is 0.186. The number of halogens is 1. The third-order valence-corrected chi connectivity index (χ3v) is 4.53. The molecule has 3 rings (SSSR count). The summed E-state index contributed by atoms with van der Waals surface area (Å²) in [6.45, 7) is 4.02. The zero-order valence-electron chi connectivity index (χ0n) is 15.0. The van der Waals surface area contributed by atoms with Crippen molar-refractivity contribution >= 4 is 11.7 Å². The van der Waals surface area contributed by atoms with Crippen LogP contribution in [0.15, 0.2) is 36.5 Å². The molecular weight excluding hydrogens is 335 g/mol. The second-order valence-corrected chi connectivity index (χ2v) is 6.30. The predicted octanol–water partition coefficient (Wildman–Crippen LogP) is 1.91. The molecule has 0 unspecified atom stereocenters. The first-order valence-electron chi connectivity index (χ1n) is 8.57. The fourth-order valence-electron chi connectivity index (χ4n) is 2.95. The largest absolute Gasteiger partial charge is 0.497 e. The SMILES string of the molecule is COc1ccc(C(=O)NCc2cccnc2N2CCN(C)CC2)c(F)c1. The van der Waals surface area contributed by atoms with Gasteiger partial charge in [-0.2, -0.15) is 0 Å². The Morgan fingerprint density at radius 2 is 2.04 bits per heavy atom. The molecule has 2 aromatic rings. The highest BCUT2D eigenvalue weighted by atomic mass is 19.1. The van der Waals surface area contributed by atoms with Crippen LogP contribution in [0.25, 0.3) is 0 Å². The number of pyridine rings is 1. The zero-order valence-corrected chi connectivity index (χ0v) is 15.0. The second kappa shape index (κ2) is 8.14. The average Bonchev–Trinajstić information content (AvgIpc) is 2.67. The molecule has 1 aromatic heterocycles. The molecular formula is C19H23FN4O2. The Morgan fingerprint density at radius 1 is 1.27 bits per heavy atom. The van der Waals surface area contributed by atoms with Gasteiger partial charge in [0.1, 0.15) is 17.4 Å². The molecule has 7 heteroatoms. The van der Waals surface area contributed by atoms with Crippen molar-refractivity contribution in [2.45, 2.75) is 6.54 Å². The molecule has 1 amide bonds. The van der Waals surface area contributed by atoms with Crippen LogP contribution in [-0.4, -0.2) is 56.1 Å². The van der Waals surface area contributed by atoms with Gasteiger partial charge in [-0.05, 0) is 25.2 Å². The van der Waals surface area contributed by atoms with Gasteiger partial charge < -0.3 is 19.9 Å². The van der Waals surface area contributed by atoms with E-state index >= 15 is 0 Å². The number of nitrogens with one attached hydrogen (secondary N) is 1. The molecule has 0 saturated carbocycles. The number of ether oxygens (including phenoxy) is 1. The number of amides is 1. The average molecular weight is 358 g/mol. The van der Waals surface area contributed by atoms with Crippen LogP contribution in [0.1, 0.15) is 15.9 Å². The van der Waals surface area contributed by atoms with E-state index < -0.39 is 11.7 Å². The van der Waals surface area contributed by atoms with Crippen molar-refractivity contribution in [2.24, 2.45) is 0 Å². The van der Waals surface area contributed by atoms with Gasteiger partial charge in [0.15, 0.2) is 0 Å². The van der Waals surface area contributed by atoms with Gasteiger partial charge in [0.25, 0.3) is 5.91 Å². The van der Waals surface area contributed by atoms with E-state index in [2.05, 4.69) is 27.1 Å². The van der Waals surface area contributed by atoms with Crippen molar-refractivity contribution in [2.75, 3.05) is 45.2 Å². The summed E-state index contributed by atoms with van der Waals surface area (Å²) < 4.78 is 19.0. The molecule has 1 aliphatic rings. The quantitative estimate of drug-likeness (QED) is 0.885. The molecule has 0 atom stereocenters. The molecule has 1 aromatic carbocycles. The third kappa shape index (κ3) is 4.11. The molecule has 1 N–H and O–H groups in total. The smallest absolute Gasteiger partial charge is 0.254 e. The van der Waals surface area contributed by atoms with Crippen molar-refractivity contribution in [1.82, 2.24) is 15.2 Å². The van der Waals surface area contributed by atoms with Crippen LogP contribution in [0.4, 0.5) is 10.2 Å². The van der Waals surface area contributed by atoms with Crippen LogP contribution in [0.5, 0.6) is 5.75 Å². The topological polar surface area (TPSA) is 57.7 Å². The molecule has 26 heavy (non-hydrogen) atoms. The lowest BCUT2D eigenvalue weighted by Gasteiger charge is -2.34. The number of piperazine rings is 1. The van der Waals surface area contributed by atoms with Gasteiger partial charge in [0.2, 0.25) is 0 Å². The fraction of sp³-hybridized carbons (Fsp3) is 0.368. The fourth-order valence-corrected chi connectivity index (χ4v) is 2.95. The van der Waals surface area contributed by atoms with Crippen molar-refractivity contribution in [3.8, 4) is 5.75 Å². The first kappa shape index (κ1) is 18.1. The molecule has 0 radical (unpaired) electrons. The minimum atomic E-state index is -0.604. The molecule has 2 heterocycles. The van der Waals surface area contributed by atoms with E-state index in [1.54, 1.807) is 12.3 Å². The minimum absolute atomic E-state index is 0.00385. The number of hydrogen-bond donors (Lipinski definition) is 1. The summed E-state index contributed by atoms with van der Waals surface area (Å²) in [4.78, 5) is 21.3. The van der Waals surface area contributed by atoms with Gasteiger partial charge in [-0.3, -0.25) is 4.79 Å². The first-order valence-corrected chi connectivity index (χ1v) is 8.57. The number of benzene rings is 1. The van der Waals surface area contributed by atoms with Gasteiger partial charge in [-0.15, -0.1) is 0 Å². The molecule has 138 valence electrons. The summed E-state index contributed by atoms with van der Waals surface area (Å²) in [7, 11) is 3.55. The number of anilines is 1. The molecule has 6 nitrogen and oxygen atoms in total. The van der Waals surface area contributed by atoms with Crippen molar-refractivity contribution < 1.29 is 13.9 Å². The Balaban J connectivity index is 1.69. The summed E-state index contributed by atoms with van der Waals surface area (Å²) >= 11 is 0. The van der Waals surface area contributed by atoms with Gasteiger partial charge in [-0.25, -0.2) is 9.37 Å². The van der Waals surface area contributed by atoms with E-state index in [0.717, 1.165) is 37.6 Å². The van der Waals surface area contributed by atoms with Gasteiger partial charge in [0, 0.05) is 50.6 Å². The number of methoxy groups -OCH3 is 1. The normalized spacial score (nSPS) is 15.0. The number of nitrogens with zero attached hydrogens (tertiary/aromatic N) is 3. The highest BCUT2D eigenvalue weighted by Gasteiger charge is 2.19. The molecule has 0 aliphatic carbocycles. The van der Waals surface area contributed by atoms with E-state index in [9.17, 15) is 9.18 Å². The Morgan fingerprint density at radius 3 is 2.73 bits per heavy atom. The number of rotatable bonds is 5. The maximum Gasteiger partial charge on any atom is 0.254 e. The maximum atomic E-state index is 14.1. The first-order chi connectivity index (χ1) is 12.6. The lowest BCUT2D eigenvalue weighted by molar-refractivity contribution is 0.0947. The van der Waals surface area contributed by atoms with E-state index in [1.807, 2.05) is 12.1 Å². The van der Waals surface area contributed by atoms with Crippen LogP contribution < -0.4 is 15.0 Å². The van der Waals surface area contributed by atoms with Crippen LogP contribution in [0.3, 0.4) is 0 Å². The van der Waals surface area contributed by atoms with Crippen molar-refractivity contribution in [3.63, 3.8) is 0 Å². The van der Waals surface area contributed by atoms with Crippen molar-refractivity contribution in [3.05, 3.63) is 53.5 Å². The molecule has 0 bridgehead atoms. The number of carbonyl (C=O) groups is 1. The number of hydrogen-bond acceptors (Lipinski definition) is 5. The second-order valence-electron chi connectivity index (χ2n) is 6.30. The van der Waals surface area contributed by atoms with E-state index in [0.29, 0.717) is 12.3 Å². The predicted molar refractivity (Wildman–Crippen MR) is 98.1 cm³/mol. The highest BCUT2D eigenvalue weighted by Crippen LogP contribution is 2.20. The lowest BCUT2D eigenvalue weighted by atomic mass is 10.1. The summed E-state index contributed by atoms with van der Waals surface area (Å²) in [6, 6.07) is 7.97. The Bertz CT molecular complexity index is 776. The van der Waals surface area contributed by atoms with Crippen molar-refractivity contribution in [1.29, 1.82) is 0 Å². The zero-order chi connectivity index (χ0) is 18.5.